The number of allylic oxidation sites excluding steroid dienone is 22. The lowest BCUT2D eigenvalue weighted by Crippen LogP contribution is -2.30. The Labute approximate surface area is 475 Å². The molecule has 0 radical (unpaired) electrons. The summed E-state index contributed by atoms with van der Waals surface area (Å²) in [6.07, 6.45) is 90.3. The maximum absolute atomic E-state index is 12.9. The normalized spacial score (nSPS) is 13.0. The Bertz CT molecular complexity index is 1650. The molecule has 0 aromatic heterocycles. The molecule has 0 fully saturated rings. The maximum Gasteiger partial charge on any atom is 0.306 e. The van der Waals surface area contributed by atoms with Crippen LogP contribution in [0.4, 0.5) is 0 Å². The highest BCUT2D eigenvalue weighted by Crippen LogP contribution is 2.16. The van der Waals surface area contributed by atoms with Crippen molar-refractivity contribution < 1.29 is 28.6 Å². The van der Waals surface area contributed by atoms with E-state index in [9.17, 15) is 14.4 Å². The van der Waals surface area contributed by atoms with E-state index >= 15 is 0 Å². The standard InChI is InChI=1S/C71H116O6/c1-4-7-10-13-16-19-22-25-27-29-31-33-35-37-39-41-43-46-49-52-55-58-61-64-70(73)76-67-68(66-75-69(72)63-60-57-54-51-48-45-24-21-18-15-12-9-6-3)77-71(74)65-62-59-56-53-50-47-44-42-40-38-36-34-32-30-28-26-23-20-17-14-11-8-5-2/h7-12,16-21,25-28,31-34,45,48,68H,4-6,13-15,22-24,29-30,35-44,46-47,49-67H2,1-3H3/b10-7-,11-8-,12-9-,19-16-,20-17-,21-18-,27-25-,28-26-,33-31-,34-32-,48-45-. The van der Waals surface area contributed by atoms with Gasteiger partial charge in [0, 0.05) is 19.3 Å². The number of unbranched alkanes of at least 4 members (excludes halogenated alkanes) is 23. The summed E-state index contributed by atoms with van der Waals surface area (Å²) in [5.74, 6) is -0.931. The number of ether oxygens (including phenoxy) is 3. The van der Waals surface area contributed by atoms with Gasteiger partial charge >= 0.3 is 17.9 Å². The number of esters is 3. The molecule has 436 valence electrons. The molecule has 0 aromatic carbocycles. The molecule has 0 saturated heterocycles. The number of hydrogen-bond acceptors (Lipinski definition) is 6. The zero-order valence-electron chi connectivity index (χ0n) is 49.9. The van der Waals surface area contributed by atoms with Gasteiger partial charge in [0.25, 0.3) is 0 Å². The van der Waals surface area contributed by atoms with Crippen LogP contribution in [0.1, 0.15) is 278 Å². The van der Waals surface area contributed by atoms with Gasteiger partial charge in [-0.05, 0) is 128 Å². The van der Waals surface area contributed by atoms with Gasteiger partial charge < -0.3 is 14.2 Å². The summed E-state index contributed by atoms with van der Waals surface area (Å²) in [5.41, 5.74) is 0. The summed E-state index contributed by atoms with van der Waals surface area (Å²) < 4.78 is 16.9. The lowest BCUT2D eigenvalue weighted by Gasteiger charge is -2.18. The van der Waals surface area contributed by atoms with Crippen molar-refractivity contribution in [1.29, 1.82) is 0 Å². The summed E-state index contributed by atoms with van der Waals surface area (Å²) in [7, 11) is 0. The van der Waals surface area contributed by atoms with Gasteiger partial charge in [0.2, 0.25) is 0 Å². The van der Waals surface area contributed by atoms with Gasteiger partial charge in [-0.15, -0.1) is 0 Å². The van der Waals surface area contributed by atoms with E-state index in [1.54, 1.807) is 0 Å². The van der Waals surface area contributed by atoms with Gasteiger partial charge in [-0.1, -0.05) is 264 Å². The zero-order valence-corrected chi connectivity index (χ0v) is 49.9. The predicted molar refractivity (Wildman–Crippen MR) is 334 cm³/mol. The van der Waals surface area contributed by atoms with Crippen LogP contribution in [0.3, 0.4) is 0 Å². The number of carbonyl (C=O) groups is 3. The summed E-state index contributed by atoms with van der Waals surface area (Å²) in [6, 6.07) is 0. The molecule has 1 atom stereocenters. The van der Waals surface area contributed by atoms with Crippen molar-refractivity contribution >= 4 is 17.9 Å². The largest absolute Gasteiger partial charge is 0.462 e. The van der Waals surface area contributed by atoms with Crippen LogP contribution in [0.15, 0.2) is 134 Å². The quantitative estimate of drug-likeness (QED) is 0.0261. The van der Waals surface area contributed by atoms with E-state index in [-0.39, 0.29) is 31.1 Å². The van der Waals surface area contributed by atoms with Crippen LogP contribution >= 0.6 is 0 Å². The van der Waals surface area contributed by atoms with Crippen molar-refractivity contribution in [3.05, 3.63) is 134 Å². The molecule has 77 heavy (non-hydrogen) atoms. The average molecular weight is 1070 g/mol. The SMILES string of the molecule is CC/C=C\C/C=C\C/C=C\C/C=C\CCCCCCCCCCCCC(=O)OCC(COC(=O)CCCCC/C=C\C/C=C\C/C=C\CC)OC(=O)CCCCCCCCCCCC/C=C\C/C=C\C/C=C\C/C=C\CC. The fourth-order valence-corrected chi connectivity index (χ4v) is 8.50. The molecule has 0 aliphatic carbocycles. The molecule has 0 aliphatic heterocycles. The van der Waals surface area contributed by atoms with E-state index in [0.717, 1.165) is 135 Å². The minimum atomic E-state index is -0.800. The lowest BCUT2D eigenvalue weighted by molar-refractivity contribution is -0.167. The Morgan fingerprint density at radius 3 is 0.740 bits per heavy atom. The summed E-state index contributed by atoms with van der Waals surface area (Å²) >= 11 is 0. The Morgan fingerprint density at radius 2 is 0.468 bits per heavy atom. The second kappa shape index (κ2) is 64.1. The molecule has 0 bridgehead atoms. The van der Waals surface area contributed by atoms with Gasteiger partial charge in [0.05, 0.1) is 0 Å². The third-order valence-electron chi connectivity index (χ3n) is 13.1. The topological polar surface area (TPSA) is 78.9 Å². The fourth-order valence-electron chi connectivity index (χ4n) is 8.50. The van der Waals surface area contributed by atoms with Crippen LogP contribution in [0.5, 0.6) is 0 Å². The molecule has 6 nitrogen and oxygen atoms in total. The van der Waals surface area contributed by atoms with E-state index < -0.39 is 6.10 Å². The minimum absolute atomic E-state index is 0.0946. The van der Waals surface area contributed by atoms with Crippen LogP contribution in [-0.4, -0.2) is 37.2 Å². The number of rotatable bonds is 56. The van der Waals surface area contributed by atoms with E-state index in [2.05, 4.69) is 154 Å². The average Bonchev–Trinajstić information content (AvgIpc) is 3.43. The molecule has 0 amide bonds. The first-order chi connectivity index (χ1) is 38.0. The van der Waals surface area contributed by atoms with Gasteiger partial charge in [-0.25, -0.2) is 0 Å². The van der Waals surface area contributed by atoms with Crippen LogP contribution in [0.25, 0.3) is 0 Å². The van der Waals surface area contributed by atoms with E-state index in [1.807, 2.05) is 0 Å². The Morgan fingerprint density at radius 1 is 0.260 bits per heavy atom. The van der Waals surface area contributed by atoms with Crippen LogP contribution in [0.2, 0.25) is 0 Å². The summed E-state index contributed by atoms with van der Waals surface area (Å²) in [5, 5.41) is 0. The Hall–Kier alpha value is -4.45. The number of carbonyl (C=O) groups excluding carboxylic acids is 3. The smallest absolute Gasteiger partial charge is 0.306 e. The maximum atomic E-state index is 12.9. The van der Waals surface area contributed by atoms with Crippen molar-refractivity contribution in [1.82, 2.24) is 0 Å². The molecule has 0 N–H and O–H groups in total. The molecule has 0 saturated carbocycles. The molecular formula is C71H116O6. The number of hydrogen-bond donors (Lipinski definition) is 0. The highest BCUT2D eigenvalue weighted by Gasteiger charge is 2.19. The van der Waals surface area contributed by atoms with Crippen molar-refractivity contribution in [2.75, 3.05) is 13.2 Å². The van der Waals surface area contributed by atoms with E-state index in [4.69, 9.17) is 14.2 Å². The second-order valence-corrected chi connectivity index (χ2v) is 20.5. The first-order valence-electron chi connectivity index (χ1n) is 31.7. The lowest BCUT2D eigenvalue weighted by atomic mass is 10.0. The molecule has 0 heterocycles. The molecule has 0 aromatic rings. The van der Waals surface area contributed by atoms with Gasteiger partial charge in [0.15, 0.2) is 6.10 Å². The zero-order chi connectivity index (χ0) is 55.7. The minimum Gasteiger partial charge on any atom is -0.462 e. The van der Waals surface area contributed by atoms with Gasteiger partial charge in [-0.3, -0.25) is 14.4 Å². The molecular weight excluding hydrogens is 949 g/mol. The monoisotopic (exact) mass is 1060 g/mol. The first-order valence-corrected chi connectivity index (χ1v) is 31.7. The molecule has 0 rings (SSSR count). The third kappa shape index (κ3) is 62.3. The van der Waals surface area contributed by atoms with Crippen molar-refractivity contribution in [3.8, 4) is 0 Å². The second-order valence-electron chi connectivity index (χ2n) is 20.5. The third-order valence-corrected chi connectivity index (χ3v) is 13.1. The van der Waals surface area contributed by atoms with E-state index in [1.165, 1.54) is 103 Å². The Kier molecular flexibility index (Phi) is 60.4. The molecule has 6 heteroatoms. The Balaban J connectivity index is 4.37. The highest BCUT2D eigenvalue weighted by atomic mass is 16.6. The van der Waals surface area contributed by atoms with Gasteiger partial charge in [0.1, 0.15) is 13.2 Å². The molecule has 0 spiro atoms. The van der Waals surface area contributed by atoms with Crippen molar-refractivity contribution in [3.63, 3.8) is 0 Å². The molecule has 1 unspecified atom stereocenters. The van der Waals surface area contributed by atoms with Gasteiger partial charge in [-0.2, -0.15) is 0 Å². The van der Waals surface area contributed by atoms with Crippen molar-refractivity contribution in [2.24, 2.45) is 0 Å². The van der Waals surface area contributed by atoms with Crippen LogP contribution in [-0.2, 0) is 28.6 Å². The van der Waals surface area contributed by atoms with Crippen LogP contribution < -0.4 is 0 Å². The van der Waals surface area contributed by atoms with Crippen molar-refractivity contribution in [2.45, 2.75) is 284 Å². The first kappa shape index (κ1) is 72.5. The highest BCUT2D eigenvalue weighted by molar-refractivity contribution is 5.71. The van der Waals surface area contributed by atoms with Crippen LogP contribution in [0, 0.1) is 0 Å². The fraction of sp³-hybridized carbons (Fsp3) is 0.648. The van der Waals surface area contributed by atoms with E-state index in [0.29, 0.717) is 19.3 Å². The summed E-state index contributed by atoms with van der Waals surface area (Å²) in [6.45, 7) is 6.28. The summed E-state index contributed by atoms with van der Waals surface area (Å²) in [4.78, 5) is 38.3. The molecule has 0 aliphatic rings. The predicted octanol–water partition coefficient (Wildman–Crippen LogP) is 21.8.